The monoisotopic (exact) mass is 565 g/mol. The molecule has 4 aromatic carbocycles. The maximum Gasteiger partial charge on any atom is 0.573 e. The van der Waals surface area contributed by atoms with Crippen LogP contribution in [0, 0.1) is 6.92 Å². The lowest BCUT2D eigenvalue weighted by molar-refractivity contribution is -0.274. The second-order valence-corrected chi connectivity index (χ2v) is 10.2. The molecular formula is C30H23ClF3N3OS. The van der Waals surface area contributed by atoms with E-state index in [1.807, 2.05) is 68.7 Å². The molecule has 0 saturated carbocycles. The van der Waals surface area contributed by atoms with Gasteiger partial charge >= 0.3 is 6.36 Å². The van der Waals surface area contributed by atoms with Crippen molar-refractivity contribution in [1.29, 1.82) is 0 Å². The number of nitrogens with zero attached hydrogens (tertiary/aromatic N) is 3. The van der Waals surface area contributed by atoms with E-state index >= 15 is 0 Å². The van der Waals surface area contributed by atoms with Crippen molar-refractivity contribution in [2.75, 3.05) is 6.54 Å². The number of rotatable bonds is 7. The van der Waals surface area contributed by atoms with E-state index in [0.717, 1.165) is 54.5 Å². The smallest absolute Gasteiger partial charge is 0.406 e. The number of aryl methyl sites for hydroxylation is 2. The van der Waals surface area contributed by atoms with Gasteiger partial charge in [0, 0.05) is 45.9 Å². The molecule has 0 saturated heterocycles. The molecule has 39 heavy (non-hydrogen) atoms. The number of aromatic nitrogens is 2. The van der Waals surface area contributed by atoms with Gasteiger partial charge in [0.2, 0.25) is 0 Å². The van der Waals surface area contributed by atoms with Crippen LogP contribution in [0.25, 0.3) is 32.9 Å². The van der Waals surface area contributed by atoms with Crippen LogP contribution >= 0.6 is 23.8 Å². The first-order valence-electron chi connectivity index (χ1n) is 12.1. The Morgan fingerprint density at radius 2 is 1.79 bits per heavy atom. The number of fused-ring (bicyclic) bond motifs is 3. The van der Waals surface area contributed by atoms with Gasteiger partial charge in [0.1, 0.15) is 11.3 Å². The van der Waals surface area contributed by atoms with Crippen molar-refractivity contribution in [1.82, 2.24) is 9.78 Å². The van der Waals surface area contributed by atoms with E-state index < -0.39 is 6.36 Å². The van der Waals surface area contributed by atoms with E-state index in [2.05, 4.69) is 9.73 Å². The lowest BCUT2D eigenvalue weighted by Gasteiger charge is -2.09. The van der Waals surface area contributed by atoms with Gasteiger partial charge < -0.3 is 4.74 Å². The second kappa shape index (κ2) is 10.8. The summed E-state index contributed by atoms with van der Waals surface area (Å²) in [6.07, 6.45) is -2.32. The Labute approximate surface area is 233 Å². The minimum absolute atomic E-state index is 0.267. The van der Waals surface area contributed by atoms with Crippen LogP contribution in [0.2, 0.25) is 5.02 Å². The molecule has 9 heteroatoms. The molecule has 0 aliphatic rings. The summed E-state index contributed by atoms with van der Waals surface area (Å²) < 4.78 is 43.3. The van der Waals surface area contributed by atoms with Crippen LogP contribution in [-0.2, 0) is 13.5 Å². The fourth-order valence-corrected chi connectivity index (χ4v) is 5.15. The Morgan fingerprint density at radius 3 is 2.51 bits per heavy atom. The molecule has 0 amide bonds. The number of benzene rings is 4. The summed E-state index contributed by atoms with van der Waals surface area (Å²) in [5.74, 6) is -0.267. The van der Waals surface area contributed by atoms with Crippen LogP contribution in [0.1, 0.15) is 16.7 Å². The zero-order valence-corrected chi connectivity index (χ0v) is 22.7. The predicted molar refractivity (Wildman–Crippen MR) is 155 cm³/mol. The molecule has 0 spiro atoms. The van der Waals surface area contributed by atoms with Gasteiger partial charge in [-0.1, -0.05) is 54.2 Å². The van der Waals surface area contributed by atoms with Crippen molar-refractivity contribution < 1.29 is 17.9 Å². The van der Waals surface area contributed by atoms with Gasteiger partial charge in [-0.3, -0.25) is 9.67 Å². The average Bonchev–Trinajstić information content (AvgIpc) is 3.22. The summed E-state index contributed by atoms with van der Waals surface area (Å²) in [6, 6.07) is 21.6. The average molecular weight is 566 g/mol. The van der Waals surface area contributed by atoms with Crippen LogP contribution in [0.3, 0.4) is 0 Å². The van der Waals surface area contributed by atoms with Crippen molar-refractivity contribution in [3.05, 3.63) is 94.5 Å². The molecule has 5 aromatic rings. The molecule has 0 fully saturated rings. The Bertz CT molecular complexity index is 1710. The number of ether oxygens (including phenoxy) is 1. The van der Waals surface area contributed by atoms with Crippen LogP contribution < -0.4 is 4.74 Å². The fraction of sp³-hybridized carbons (Fsp3) is 0.167. The molecule has 0 atom stereocenters. The minimum atomic E-state index is -4.73. The summed E-state index contributed by atoms with van der Waals surface area (Å²) in [4.78, 5) is 5.35. The van der Waals surface area contributed by atoms with Gasteiger partial charge in [0.25, 0.3) is 0 Å². The molecule has 0 radical (unpaired) electrons. The number of halogens is 4. The van der Waals surface area contributed by atoms with E-state index in [0.29, 0.717) is 18.0 Å². The number of thiocarbonyl (C=S) groups is 1. The van der Waals surface area contributed by atoms with Gasteiger partial charge in [-0.2, -0.15) is 5.10 Å². The molecule has 1 heterocycles. The Balaban J connectivity index is 1.36. The van der Waals surface area contributed by atoms with Gasteiger partial charge in [-0.25, -0.2) is 0 Å². The standard InChI is InChI=1S/C30H23ClF3N3OS/c1-18-4-3-5-27(31)26(18)15-23(39)17-35-16-19-6-12-24-21(14-19)9-13-25-28(24)36-37(2)29(25)20-7-10-22(11-8-20)38-30(32,33)34/h3-14,16H,15,17H2,1-2H3. The molecule has 1 aromatic heterocycles. The SMILES string of the molecule is Cc1cccc(Cl)c1CC(=S)CN=Cc1ccc2c(ccc3c(-c4ccc(OC(F)(F)F)cc4)n(C)nc32)c1. The molecule has 0 bridgehead atoms. The fourth-order valence-electron chi connectivity index (χ4n) is 4.64. The minimum Gasteiger partial charge on any atom is -0.406 e. The number of hydrogen-bond donors (Lipinski definition) is 0. The van der Waals surface area contributed by atoms with Crippen molar-refractivity contribution >= 4 is 56.6 Å². The second-order valence-electron chi connectivity index (χ2n) is 9.21. The van der Waals surface area contributed by atoms with Crippen molar-refractivity contribution in [3.63, 3.8) is 0 Å². The first-order valence-corrected chi connectivity index (χ1v) is 12.9. The van der Waals surface area contributed by atoms with Crippen LogP contribution in [0.4, 0.5) is 13.2 Å². The number of aliphatic imine (C=N–C) groups is 1. The van der Waals surface area contributed by atoms with Crippen molar-refractivity contribution in [2.45, 2.75) is 19.7 Å². The highest BCUT2D eigenvalue weighted by atomic mass is 35.5. The van der Waals surface area contributed by atoms with Crippen LogP contribution in [0.5, 0.6) is 5.75 Å². The van der Waals surface area contributed by atoms with E-state index in [9.17, 15) is 13.2 Å². The molecule has 0 aliphatic carbocycles. The zero-order chi connectivity index (χ0) is 27.7. The van der Waals surface area contributed by atoms with Gasteiger partial charge in [0.05, 0.1) is 12.2 Å². The highest BCUT2D eigenvalue weighted by Crippen LogP contribution is 2.34. The van der Waals surface area contributed by atoms with E-state index in [1.165, 1.54) is 12.1 Å². The highest BCUT2D eigenvalue weighted by molar-refractivity contribution is 7.80. The normalized spacial score (nSPS) is 12.1. The highest BCUT2D eigenvalue weighted by Gasteiger charge is 2.31. The first kappa shape index (κ1) is 26.8. The molecule has 5 rings (SSSR count). The Hall–Kier alpha value is -3.75. The lowest BCUT2D eigenvalue weighted by atomic mass is 10.0. The Kier molecular flexibility index (Phi) is 7.42. The maximum absolute atomic E-state index is 12.5. The molecule has 0 aliphatic heterocycles. The summed E-state index contributed by atoms with van der Waals surface area (Å²) in [5, 5.41) is 8.29. The van der Waals surface area contributed by atoms with Crippen LogP contribution in [-0.4, -0.2) is 33.8 Å². The van der Waals surface area contributed by atoms with Crippen LogP contribution in [0.15, 0.2) is 77.8 Å². The quantitative estimate of drug-likeness (QED) is 0.147. The molecule has 0 unspecified atom stereocenters. The number of alkyl halides is 3. The van der Waals surface area contributed by atoms with Crippen molar-refractivity contribution in [2.24, 2.45) is 12.0 Å². The topological polar surface area (TPSA) is 39.4 Å². The van der Waals surface area contributed by atoms with E-state index in [1.54, 1.807) is 16.8 Å². The predicted octanol–water partition coefficient (Wildman–Crippen LogP) is 8.29. The summed E-state index contributed by atoms with van der Waals surface area (Å²) in [6.45, 7) is 2.44. The lowest BCUT2D eigenvalue weighted by Crippen LogP contribution is -2.16. The van der Waals surface area contributed by atoms with E-state index in [-0.39, 0.29) is 5.75 Å². The van der Waals surface area contributed by atoms with Gasteiger partial charge in [-0.15, -0.1) is 13.2 Å². The van der Waals surface area contributed by atoms with Crippen molar-refractivity contribution in [3.8, 4) is 17.0 Å². The number of hydrogen-bond acceptors (Lipinski definition) is 4. The maximum atomic E-state index is 12.5. The van der Waals surface area contributed by atoms with Gasteiger partial charge in [-0.05, 0) is 71.5 Å². The molecule has 198 valence electrons. The Morgan fingerprint density at radius 1 is 1.05 bits per heavy atom. The third-order valence-corrected chi connectivity index (χ3v) is 7.07. The van der Waals surface area contributed by atoms with Gasteiger partial charge in [0.15, 0.2) is 0 Å². The molecule has 0 N–H and O–H groups in total. The zero-order valence-electron chi connectivity index (χ0n) is 21.1. The molecular weight excluding hydrogens is 543 g/mol. The first-order chi connectivity index (χ1) is 18.6. The summed E-state index contributed by atoms with van der Waals surface area (Å²) in [7, 11) is 1.81. The third kappa shape index (κ3) is 5.97. The third-order valence-electron chi connectivity index (χ3n) is 6.44. The largest absolute Gasteiger partial charge is 0.573 e. The van der Waals surface area contributed by atoms with E-state index in [4.69, 9.17) is 28.9 Å². The summed E-state index contributed by atoms with van der Waals surface area (Å²) >= 11 is 11.9. The molecule has 4 nitrogen and oxygen atoms in total. The summed E-state index contributed by atoms with van der Waals surface area (Å²) in [5.41, 5.74) is 5.43.